The lowest BCUT2D eigenvalue weighted by atomic mass is 10.1. The molecule has 0 radical (unpaired) electrons. The van der Waals surface area contributed by atoms with Crippen LogP contribution in [-0.4, -0.2) is 12.4 Å². The van der Waals surface area contributed by atoms with Gasteiger partial charge in [0, 0.05) is 18.1 Å². The molecule has 2 aromatic rings. The van der Waals surface area contributed by atoms with E-state index in [9.17, 15) is 17.6 Å². The highest BCUT2D eigenvalue weighted by molar-refractivity contribution is 5.97. The molecule has 0 fully saturated rings. The summed E-state index contributed by atoms with van der Waals surface area (Å²) in [6.07, 6.45) is 0. The first kappa shape index (κ1) is 17.8. The van der Waals surface area contributed by atoms with Gasteiger partial charge in [-0.3, -0.25) is 4.99 Å². The van der Waals surface area contributed by atoms with Gasteiger partial charge in [0.05, 0.1) is 6.54 Å². The first-order chi connectivity index (χ1) is 11.3. The van der Waals surface area contributed by atoms with Gasteiger partial charge in [0.15, 0.2) is 0 Å². The van der Waals surface area contributed by atoms with Crippen molar-refractivity contribution in [3.8, 4) is 5.75 Å². The highest BCUT2D eigenvalue weighted by Crippen LogP contribution is 2.26. The number of hydrogen-bond donors (Lipinski definition) is 1. The Hall–Kier alpha value is -2.57. The third kappa shape index (κ3) is 4.97. The Bertz CT molecular complexity index is 709. The molecule has 0 heterocycles. The molecule has 0 saturated carbocycles. The van der Waals surface area contributed by atoms with E-state index in [2.05, 4.69) is 9.73 Å². The zero-order chi connectivity index (χ0) is 17.7. The minimum Gasteiger partial charge on any atom is -0.435 e. The van der Waals surface area contributed by atoms with Crippen molar-refractivity contribution in [2.45, 2.75) is 26.0 Å². The quantitative estimate of drug-likeness (QED) is 0.484. The molecule has 24 heavy (non-hydrogen) atoms. The molecule has 2 N–H and O–H groups in total. The van der Waals surface area contributed by atoms with Gasteiger partial charge in [0.25, 0.3) is 5.92 Å². The van der Waals surface area contributed by atoms with Crippen LogP contribution in [-0.2, 0) is 12.5 Å². The number of halogens is 4. The van der Waals surface area contributed by atoms with E-state index in [4.69, 9.17) is 5.73 Å². The van der Waals surface area contributed by atoms with Crippen LogP contribution in [0.15, 0.2) is 53.5 Å². The first-order valence-electron chi connectivity index (χ1n) is 7.08. The van der Waals surface area contributed by atoms with Crippen LogP contribution in [0.25, 0.3) is 0 Å². The third-order valence-electron chi connectivity index (χ3n) is 3.25. The summed E-state index contributed by atoms with van der Waals surface area (Å²) in [5.74, 6) is -2.78. The summed E-state index contributed by atoms with van der Waals surface area (Å²) < 4.78 is 55.0. The van der Waals surface area contributed by atoms with E-state index in [0.29, 0.717) is 11.1 Å². The van der Waals surface area contributed by atoms with Crippen molar-refractivity contribution in [2.75, 3.05) is 0 Å². The Morgan fingerprint density at radius 2 is 1.83 bits per heavy atom. The number of alkyl halides is 4. The normalized spacial score (nSPS) is 12.5. The van der Waals surface area contributed by atoms with Crippen molar-refractivity contribution in [1.82, 2.24) is 0 Å². The molecule has 0 aliphatic heterocycles. The monoisotopic (exact) mass is 340 g/mol. The van der Waals surface area contributed by atoms with Gasteiger partial charge in [-0.15, -0.1) is 0 Å². The van der Waals surface area contributed by atoms with Crippen molar-refractivity contribution in [3.05, 3.63) is 65.2 Å². The fraction of sp³-hybridized carbons (Fsp3) is 0.235. The number of nitrogens with two attached hydrogens (primary N) is 1. The molecular weight excluding hydrogens is 324 g/mol. The SMILES string of the molecule is CC(F)(F)c1ccc(CN=C(N)c2cccc(OC(F)F)c2)cc1. The second-order valence-electron chi connectivity index (χ2n) is 5.19. The zero-order valence-electron chi connectivity index (χ0n) is 12.8. The van der Waals surface area contributed by atoms with Gasteiger partial charge in [-0.2, -0.15) is 8.78 Å². The summed E-state index contributed by atoms with van der Waals surface area (Å²) in [4.78, 5) is 4.14. The molecule has 0 bridgehead atoms. The molecule has 0 aromatic heterocycles. The average molecular weight is 340 g/mol. The van der Waals surface area contributed by atoms with Crippen LogP contribution in [0.2, 0.25) is 0 Å². The molecule has 3 nitrogen and oxygen atoms in total. The van der Waals surface area contributed by atoms with E-state index in [-0.39, 0.29) is 23.7 Å². The molecule has 0 saturated heterocycles. The Morgan fingerprint density at radius 3 is 2.42 bits per heavy atom. The van der Waals surface area contributed by atoms with Gasteiger partial charge >= 0.3 is 6.61 Å². The third-order valence-corrected chi connectivity index (χ3v) is 3.25. The molecule has 2 rings (SSSR count). The van der Waals surface area contributed by atoms with Crippen LogP contribution in [0.3, 0.4) is 0 Å². The predicted molar refractivity (Wildman–Crippen MR) is 83.5 cm³/mol. The van der Waals surface area contributed by atoms with Crippen LogP contribution in [0.5, 0.6) is 5.75 Å². The summed E-state index contributed by atoms with van der Waals surface area (Å²) in [6, 6.07) is 11.6. The number of hydrogen-bond acceptors (Lipinski definition) is 2. The average Bonchev–Trinajstić information content (AvgIpc) is 2.52. The van der Waals surface area contributed by atoms with E-state index in [0.717, 1.165) is 6.92 Å². The van der Waals surface area contributed by atoms with Crippen LogP contribution < -0.4 is 10.5 Å². The molecule has 0 aliphatic rings. The van der Waals surface area contributed by atoms with Crippen molar-refractivity contribution >= 4 is 5.84 Å². The lowest BCUT2D eigenvalue weighted by Crippen LogP contribution is -2.14. The fourth-order valence-electron chi connectivity index (χ4n) is 2.00. The van der Waals surface area contributed by atoms with Gasteiger partial charge in [-0.1, -0.05) is 36.4 Å². The minimum atomic E-state index is -2.92. The van der Waals surface area contributed by atoms with Crippen molar-refractivity contribution in [3.63, 3.8) is 0 Å². The lowest BCUT2D eigenvalue weighted by Gasteiger charge is -2.10. The summed E-state index contributed by atoms with van der Waals surface area (Å²) in [7, 11) is 0. The molecule has 0 amide bonds. The Labute approximate surface area is 136 Å². The Balaban J connectivity index is 2.08. The molecule has 0 unspecified atom stereocenters. The number of benzene rings is 2. The molecule has 0 aliphatic carbocycles. The number of nitrogens with zero attached hydrogens (tertiary/aromatic N) is 1. The van der Waals surface area contributed by atoms with Gasteiger partial charge in [-0.25, -0.2) is 8.78 Å². The number of amidine groups is 1. The molecule has 128 valence electrons. The van der Waals surface area contributed by atoms with Gasteiger partial charge in [0.2, 0.25) is 0 Å². The first-order valence-corrected chi connectivity index (χ1v) is 7.08. The highest BCUT2D eigenvalue weighted by Gasteiger charge is 2.23. The summed E-state index contributed by atoms with van der Waals surface area (Å²) in [5.41, 5.74) is 6.88. The van der Waals surface area contributed by atoms with Gasteiger partial charge in [0.1, 0.15) is 11.6 Å². The fourth-order valence-corrected chi connectivity index (χ4v) is 2.00. The van der Waals surface area contributed by atoms with Gasteiger partial charge in [-0.05, 0) is 17.7 Å². The van der Waals surface area contributed by atoms with Crippen LogP contribution in [0, 0.1) is 0 Å². The van der Waals surface area contributed by atoms with Crippen LogP contribution in [0.1, 0.15) is 23.6 Å². The molecule has 0 atom stereocenters. The maximum atomic E-state index is 13.1. The lowest BCUT2D eigenvalue weighted by molar-refractivity contribution is -0.0498. The minimum absolute atomic E-state index is 0.0184. The second-order valence-corrected chi connectivity index (χ2v) is 5.19. The van der Waals surface area contributed by atoms with E-state index < -0.39 is 12.5 Å². The Kier molecular flexibility index (Phi) is 5.43. The number of ether oxygens (including phenoxy) is 1. The van der Waals surface area contributed by atoms with E-state index >= 15 is 0 Å². The van der Waals surface area contributed by atoms with Crippen LogP contribution >= 0.6 is 0 Å². The predicted octanol–water partition coefficient (Wildman–Crippen LogP) is 4.31. The number of aliphatic imine (C=N–C) groups is 1. The van der Waals surface area contributed by atoms with Crippen LogP contribution in [0.4, 0.5) is 17.6 Å². The molecule has 2 aromatic carbocycles. The highest BCUT2D eigenvalue weighted by atomic mass is 19.3. The summed E-state index contributed by atoms with van der Waals surface area (Å²) in [5, 5.41) is 0. The summed E-state index contributed by atoms with van der Waals surface area (Å²) in [6.45, 7) is -1.91. The molecular formula is C17H16F4N2O. The topological polar surface area (TPSA) is 47.6 Å². The zero-order valence-corrected chi connectivity index (χ0v) is 12.8. The van der Waals surface area contributed by atoms with Crippen molar-refractivity contribution in [2.24, 2.45) is 10.7 Å². The standard InChI is InChI=1S/C17H16F4N2O/c1-17(20,21)13-7-5-11(6-8-13)10-23-15(22)12-3-2-4-14(9-12)24-16(18)19/h2-9,16H,10H2,1H3,(H2,22,23). The maximum absolute atomic E-state index is 13.1. The van der Waals surface area contributed by atoms with Gasteiger partial charge < -0.3 is 10.5 Å². The second kappa shape index (κ2) is 7.33. The van der Waals surface area contributed by atoms with Crippen molar-refractivity contribution in [1.29, 1.82) is 0 Å². The van der Waals surface area contributed by atoms with E-state index in [1.54, 1.807) is 18.2 Å². The maximum Gasteiger partial charge on any atom is 0.387 e. The van der Waals surface area contributed by atoms with Crippen molar-refractivity contribution < 1.29 is 22.3 Å². The molecule has 7 heteroatoms. The molecule has 0 spiro atoms. The number of rotatable bonds is 6. The largest absolute Gasteiger partial charge is 0.435 e. The van der Waals surface area contributed by atoms with E-state index in [1.165, 1.54) is 30.3 Å². The van der Waals surface area contributed by atoms with E-state index in [1.807, 2.05) is 0 Å². The smallest absolute Gasteiger partial charge is 0.387 e. The Morgan fingerprint density at radius 1 is 1.17 bits per heavy atom. The summed E-state index contributed by atoms with van der Waals surface area (Å²) >= 11 is 0.